The molecule has 1 amide bonds. The van der Waals surface area contributed by atoms with Crippen molar-refractivity contribution in [2.24, 2.45) is 0 Å². The molecule has 1 aliphatic rings. The van der Waals surface area contributed by atoms with Crippen molar-refractivity contribution in [2.45, 2.75) is 32.1 Å². The van der Waals surface area contributed by atoms with Gasteiger partial charge in [0.05, 0.1) is 19.6 Å². The summed E-state index contributed by atoms with van der Waals surface area (Å²) in [5, 5.41) is 0. The Balaban J connectivity index is 1.83. The lowest BCUT2D eigenvalue weighted by molar-refractivity contribution is -0.133. The van der Waals surface area contributed by atoms with E-state index in [4.69, 9.17) is 9.57 Å². The van der Waals surface area contributed by atoms with Crippen molar-refractivity contribution >= 4 is 5.91 Å². The Morgan fingerprint density at radius 3 is 2.79 bits per heavy atom. The summed E-state index contributed by atoms with van der Waals surface area (Å²) in [5.41, 5.74) is 6.31. The molecule has 0 heterocycles. The molecule has 0 fully saturated rings. The second-order valence-electron chi connectivity index (χ2n) is 4.85. The lowest BCUT2D eigenvalue weighted by atomic mass is 9.90. The molecule has 1 N–H and O–H groups in total. The average Bonchev–Trinajstić information content (AvgIpc) is 2.43. The fourth-order valence-corrected chi connectivity index (χ4v) is 2.37. The Hall–Kier alpha value is -1.39. The molecule has 0 saturated heterocycles. The molecule has 104 valence electrons. The zero-order valence-electron chi connectivity index (χ0n) is 11.4. The van der Waals surface area contributed by atoms with E-state index in [1.54, 1.807) is 7.11 Å². The number of carbonyl (C=O) groups is 1. The third-order valence-electron chi connectivity index (χ3n) is 3.35. The van der Waals surface area contributed by atoms with E-state index in [1.807, 2.05) is 6.07 Å². The van der Waals surface area contributed by atoms with Crippen molar-refractivity contribution < 1.29 is 14.4 Å². The highest BCUT2D eigenvalue weighted by atomic mass is 16.7. The number of carbonyl (C=O) groups excluding carboxylic acids is 1. The highest BCUT2D eigenvalue weighted by Gasteiger charge is 2.11. The Labute approximate surface area is 114 Å². The monoisotopic (exact) mass is 263 g/mol. The highest BCUT2D eigenvalue weighted by molar-refractivity contribution is 5.77. The van der Waals surface area contributed by atoms with Crippen LogP contribution in [-0.2, 0) is 33.6 Å². The molecule has 0 aliphatic heterocycles. The maximum atomic E-state index is 11.7. The number of rotatable bonds is 6. The lowest BCUT2D eigenvalue weighted by Gasteiger charge is -2.16. The summed E-state index contributed by atoms with van der Waals surface area (Å²) in [6.07, 6.45) is 5.19. The van der Waals surface area contributed by atoms with Gasteiger partial charge in [0.2, 0.25) is 5.91 Å². The van der Waals surface area contributed by atoms with E-state index in [-0.39, 0.29) is 5.91 Å². The lowest BCUT2D eigenvalue weighted by Crippen LogP contribution is -2.27. The fraction of sp³-hybridized carbons (Fsp3) is 0.533. The minimum absolute atomic E-state index is 0.119. The Morgan fingerprint density at radius 1 is 1.21 bits per heavy atom. The van der Waals surface area contributed by atoms with Crippen LogP contribution in [0, 0.1) is 0 Å². The topological polar surface area (TPSA) is 47.6 Å². The summed E-state index contributed by atoms with van der Waals surface area (Å²) in [6.45, 7) is 0.839. The first-order valence-corrected chi connectivity index (χ1v) is 6.80. The Bertz CT molecular complexity index is 431. The molecule has 19 heavy (non-hydrogen) atoms. The number of ether oxygens (including phenoxy) is 1. The van der Waals surface area contributed by atoms with Crippen LogP contribution in [0.15, 0.2) is 18.2 Å². The van der Waals surface area contributed by atoms with Crippen LogP contribution in [0.1, 0.15) is 29.5 Å². The van der Waals surface area contributed by atoms with Gasteiger partial charge in [0.25, 0.3) is 0 Å². The molecule has 0 bridgehead atoms. The molecule has 0 aromatic heterocycles. The molecule has 0 unspecified atom stereocenters. The highest BCUT2D eigenvalue weighted by Crippen LogP contribution is 2.22. The van der Waals surface area contributed by atoms with Crippen molar-refractivity contribution in [3.8, 4) is 0 Å². The summed E-state index contributed by atoms with van der Waals surface area (Å²) >= 11 is 0. The Morgan fingerprint density at radius 2 is 2.00 bits per heavy atom. The van der Waals surface area contributed by atoms with Crippen molar-refractivity contribution in [2.75, 3.05) is 20.3 Å². The van der Waals surface area contributed by atoms with Crippen molar-refractivity contribution in [1.82, 2.24) is 5.48 Å². The van der Waals surface area contributed by atoms with Gasteiger partial charge in [-0.15, -0.1) is 0 Å². The maximum absolute atomic E-state index is 11.7. The van der Waals surface area contributed by atoms with E-state index in [1.165, 1.54) is 30.4 Å². The third-order valence-corrected chi connectivity index (χ3v) is 3.35. The summed E-state index contributed by atoms with van der Waals surface area (Å²) in [7, 11) is 1.60. The molecule has 1 aromatic rings. The predicted molar refractivity (Wildman–Crippen MR) is 72.8 cm³/mol. The zero-order valence-corrected chi connectivity index (χ0v) is 11.4. The molecular formula is C15H21NO3. The molecule has 0 spiro atoms. The largest absolute Gasteiger partial charge is 0.382 e. The first-order chi connectivity index (χ1) is 9.29. The van der Waals surface area contributed by atoms with Crippen LogP contribution in [-0.4, -0.2) is 26.2 Å². The number of methoxy groups -OCH3 is 1. The van der Waals surface area contributed by atoms with Crippen LogP contribution in [0.3, 0.4) is 0 Å². The summed E-state index contributed by atoms with van der Waals surface area (Å²) in [4.78, 5) is 16.7. The molecule has 0 saturated carbocycles. The standard InChI is InChI=1S/C15H21NO3/c1-18-8-9-19-16-15(17)11-12-6-7-13-4-2-3-5-14(13)10-12/h6-7,10H,2-5,8-9,11H2,1H3,(H,16,17). The van der Waals surface area contributed by atoms with Crippen LogP contribution >= 0.6 is 0 Å². The van der Waals surface area contributed by atoms with Crippen LogP contribution in [0.4, 0.5) is 0 Å². The maximum Gasteiger partial charge on any atom is 0.247 e. The van der Waals surface area contributed by atoms with E-state index < -0.39 is 0 Å². The molecule has 0 radical (unpaired) electrons. The summed E-state index contributed by atoms with van der Waals surface area (Å²) in [6, 6.07) is 6.35. The smallest absolute Gasteiger partial charge is 0.247 e. The van der Waals surface area contributed by atoms with Crippen LogP contribution in [0.5, 0.6) is 0 Å². The van der Waals surface area contributed by atoms with E-state index in [0.717, 1.165) is 12.0 Å². The van der Waals surface area contributed by atoms with Gasteiger partial charge in [-0.1, -0.05) is 18.2 Å². The number of hydroxylamine groups is 1. The number of hydrogen-bond donors (Lipinski definition) is 1. The van der Waals surface area contributed by atoms with Gasteiger partial charge in [-0.3, -0.25) is 9.63 Å². The van der Waals surface area contributed by atoms with Crippen LogP contribution < -0.4 is 5.48 Å². The molecule has 4 heteroatoms. The van der Waals surface area contributed by atoms with Gasteiger partial charge in [0.15, 0.2) is 0 Å². The number of benzene rings is 1. The molecular weight excluding hydrogens is 242 g/mol. The van der Waals surface area contributed by atoms with Crippen molar-refractivity contribution in [3.05, 3.63) is 34.9 Å². The minimum Gasteiger partial charge on any atom is -0.382 e. The van der Waals surface area contributed by atoms with Crippen LogP contribution in [0.25, 0.3) is 0 Å². The summed E-state index contributed by atoms with van der Waals surface area (Å²) in [5.74, 6) is -0.119. The van der Waals surface area contributed by atoms with Crippen molar-refractivity contribution in [1.29, 1.82) is 0 Å². The van der Waals surface area contributed by atoms with E-state index in [2.05, 4.69) is 17.6 Å². The van der Waals surface area contributed by atoms with E-state index in [9.17, 15) is 4.79 Å². The number of amides is 1. The van der Waals surface area contributed by atoms with Gasteiger partial charge >= 0.3 is 0 Å². The zero-order chi connectivity index (χ0) is 13.5. The Kier molecular flexibility index (Phi) is 5.36. The van der Waals surface area contributed by atoms with Gasteiger partial charge in [0, 0.05) is 7.11 Å². The molecule has 1 aliphatic carbocycles. The van der Waals surface area contributed by atoms with Crippen LogP contribution in [0.2, 0.25) is 0 Å². The second-order valence-corrected chi connectivity index (χ2v) is 4.85. The number of hydrogen-bond acceptors (Lipinski definition) is 3. The molecule has 0 atom stereocenters. The molecule has 1 aromatic carbocycles. The first-order valence-electron chi connectivity index (χ1n) is 6.80. The van der Waals surface area contributed by atoms with Crippen molar-refractivity contribution in [3.63, 3.8) is 0 Å². The normalized spacial score (nSPS) is 13.9. The van der Waals surface area contributed by atoms with E-state index >= 15 is 0 Å². The van der Waals surface area contributed by atoms with Gasteiger partial charge < -0.3 is 4.74 Å². The van der Waals surface area contributed by atoms with E-state index in [0.29, 0.717) is 19.6 Å². The van der Waals surface area contributed by atoms with Gasteiger partial charge in [-0.05, 0) is 42.4 Å². The summed E-state index contributed by atoms with van der Waals surface area (Å²) < 4.78 is 4.83. The third kappa shape index (κ3) is 4.33. The SMILES string of the molecule is COCCONC(=O)Cc1ccc2c(c1)CCCC2. The number of fused-ring (bicyclic) bond motifs is 1. The quantitative estimate of drug-likeness (QED) is 0.629. The minimum atomic E-state index is -0.119. The van der Waals surface area contributed by atoms with Gasteiger partial charge in [0.1, 0.15) is 0 Å². The number of nitrogens with one attached hydrogen (secondary N) is 1. The average molecular weight is 263 g/mol. The van der Waals surface area contributed by atoms with Gasteiger partial charge in [-0.2, -0.15) is 0 Å². The predicted octanol–water partition coefficient (Wildman–Crippen LogP) is 1.80. The number of aryl methyl sites for hydroxylation is 2. The second kappa shape index (κ2) is 7.26. The van der Waals surface area contributed by atoms with Gasteiger partial charge in [-0.25, -0.2) is 5.48 Å². The first kappa shape index (κ1) is 14.0. The molecule has 4 nitrogen and oxygen atoms in total. The fourth-order valence-electron chi connectivity index (χ4n) is 2.37. The molecule has 2 rings (SSSR count).